The molecule has 4 nitrogen and oxygen atoms in total. The average molecular weight is 353 g/mol. The van der Waals surface area contributed by atoms with Crippen LogP contribution in [0.15, 0.2) is 59.6 Å². The maximum atomic E-state index is 12.8. The van der Waals surface area contributed by atoms with Crippen LogP contribution in [0.3, 0.4) is 0 Å². The monoisotopic (exact) mass is 352 g/mol. The van der Waals surface area contributed by atoms with Crippen molar-refractivity contribution in [2.75, 3.05) is 22.9 Å². The molecule has 0 saturated carbocycles. The van der Waals surface area contributed by atoms with Crippen molar-refractivity contribution in [2.24, 2.45) is 0 Å². The van der Waals surface area contributed by atoms with Crippen LogP contribution in [-0.4, -0.2) is 24.9 Å². The van der Waals surface area contributed by atoms with E-state index in [9.17, 15) is 9.59 Å². The summed E-state index contributed by atoms with van der Waals surface area (Å²) >= 11 is 6.20. The smallest absolute Gasteiger partial charge is 0.277 e. The lowest BCUT2D eigenvalue weighted by Gasteiger charge is -2.20. The topological polar surface area (TPSA) is 40.6 Å². The standard InChI is InChI=1S/C20H17ClN2O2/c21-18-17(14-6-2-1-3-7-14)19(24)23(20(18)25)16-10-8-15(9-11-16)22-12-4-5-13-22/h1-3,6-11H,4-5,12-13H2. The van der Waals surface area contributed by atoms with Crippen molar-refractivity contribution >= 4 is 40.4 Å². The Labute approximate surface area is 151 Å². The molecule has 0 N–H and O–H groups in total. The molecule has 2 aromatic carbocycles. The van der Waals surface area contributed by atoms with Gasteiger partial charge in [-0.05, 0) is 42.7 Å². The molecule has 0 bridgehead atoms. The normalized spacial score (nSPS) is 17.8. The van der Waals surface area contributed by atoms with E-state index in [4.69, 9.17) is 11.6 Å². The molecule has 0 atom stereocenters. The molecule has 25 heavy (non-hydrogen) atoms. The largest absolute Gasteiger partial charge is 0.372 e. The fourth-order valence-corrected chi connectivity index (χ4v) is 3.65. The molecular weight excluding hydrogens is 336 g/mol. The second-order valence-corrected chi connectivity index (χ2v) is 6.59. The van der Waals surface area contributed by atoms with Gasteiger partial charge in [0.25, 0.3) is 11.8 Å². The summed E-state index contributed by atoms with van der Waals surface area (Å²) in [5, 5.41) is -0.0279. The van der Waals surface area contributed by atoms with E-state index in [2.05, 4.69) is 4.90 Å². The van der Waals surface area contributed by atoms with Crippen LogP contribution in [0.5, 0.6) is 0 Å². The summed E-state index contributed by atoms with van der Waals surface area (Å²) in [5.74, 6) is -0.852. The van der Waals surface area contributed by atoms with E-state index in [1.54, 1.807) is 12.1 Å². The molecule has 5 heteroatoms. The first-order valence-electron chi connectivity index (χ1n) is 8.36. The van der Waals surface area contributed by atoms with E-state index in [1.165, 1.54) is 12.8 Å². The molecule has 1 saturated heterocycles. The highest BCUT2D eigenvalue weighted by atomic mass is 35.5. The number of imide groups is 1. The molecule has 0 aliphatic carbocycles. The summed E-state index contributed by atoms with van der Waals surface area (Å²) in [5.41, 5.74) is 2.57. The van der Waals surface area contributed by atoms with Gasteiger partial charge < -0.3 is 4.90 Å². The lowest BCUT2D eigenvalue weighted by Crippen LogP contribution is -2.31. The number of carbonyl (C=O) groups is 2. The summed E-state index contributed by atoms with van der Waals surface area (Å²) in [6.07, 6.45) is 2.40. The predicted octanol–water partition coefficient (Wildman–Crippen LogP) is 3.81. The van der Waals surface area contributed by atoms with Crippen molar-refractivity contribution in [2.45, 2.75) is 12.8 Å². The predicted molar refractivity (Wildman–Crippen MR) is 99.6 cm³/mol. The number of rotatable bonds is 3. The third-order valence-electron chi connectivity index (χ3n) is 4.67. The molecule has 2 aliphatic rings. The van der Waals surface area contributed by atoms with Crippen LogP contribution in [0.4, 0.5) is 11.4 Å². The zero-order chi connectivity index (χ0) is 17.4. The maximum absolute atomic E-state index is 12.8. The molecule has 126 valence electrons. The first-order valence-corrected chi connectivity index (χ1v) is 8.73. The molecule has 2 heterocycles. The first kappa shape index (κ1) is 15.9. The molecule has 2 aromatic rings. The Bertz CT molecular complexity index is 853. The summed E-state index contributed by atoms with van der Waals surface area (Å²) in [6, 6.07) is 16.6. The van der Waals surface area contributed by atoms with Crippen molar-refractivity contribution in [1.82, 2.24) is 0 Å². The van der Waals surface area contributed by atoms with Gasteiger partial charge in [0.15, 0.2) is 0 Å². The van der Waals surface area contributed by atoms with Gasteiger partial charge in [-0.3, -0.25) is 9.59 Å². The van der Waals surface area contributed by atoms with E-state index in [1.807, 2.05) is 42.5 Å². The average Bonchev–Trinajstić information content (AvgIpc) is 3.24. The second-order valence-electron chi connectivity index (χ2n) is 6.21. The van der Waals surface area contributed by atoms with E-state index >= 15 is 0 Å². The Hall–Kier alpha value is -2.59. The van der Waals surface area contributed by atoms with Crippen molar-refractivity contribution in [3.63, 3.8) is 0 Å². The zero-order valence-corrected chi connectivity index (χ0v) is 14.4. The summed E-state index contributed by atoms with van der Waals surface area (Å²) in [4.78, 5) is 28.8. The summed E-state index contributed by atoms with van der Waals surface area (Å²) in [6.45, 7) is 2.10. The summed E-state index contributed by atoms with van der Waals surface area (Å²) in [7, 11) is 0. The van der Waals surface area contributed by atoms with Crippen molar-refractivity contribution in [3.05, 3.63) is 65.2 Å². The van der Waals surface area contributed by atoms with Crippen LogP contribution in [0.1, 0.15) is 18.4 Å². The highest BCUT2D eigenvalue weighted by molar-refractivity contribution is 6.60. The quantitative estimate of drug-likeness (QED) is 0.789. The van der Waals surface area contributed by atoms with E-state index in [0.717, 1.165) is 23.7 Å². The number of nitrogens with zero attached hydrogens (tertiary/aromatic N) is 2. The number of amides is 2. The zero-order valence-electron chi connectivity index (χ0n) is 13.6. The number of benzene rings is 2. The molecule has 1 fully saturated rings. The maximum Gasteiger partial charge on any atom is 0.277 e. The Kier molecular flexibility index (Phi) is 4.06. The minimum atomic E-state index is -0.473. The van der Waals surface area contributed by atoms with E-state index < -0.39 is 5.91 Å². The van der Waals surface area contributed by atoms with Gasteiger partial charge in [-0.1, -0.05) is 41.9 Å². The lowest BCUT2D eigenvalue weighted by molar-refractivity contribution is -0.119. The van der Waals surface area contributed by atoms with Gasteiger partial charge in [0.2, 0.25) is 0 Å². The van der Waals surface area contributed by atoms with Crippen LogP contribution < -0.4 is 9.80 Å². The van der Waals surface area contributed by atoms with Gasteiger partial charge in [-0.15, -0.1) is 0 Å². The van der Waals surface area contributed by atoms with Gasteiger partial charge in [-0.25, -0.2) is 4.90 Å². The molecule has 0 aromatic heterocycles. The molecule has 0 spiro atoms. The number of hydrogen-bond acceptors (Lipinski definition) is 3. The van der Waals surface area contributed by atoms with Crippen molar-refractivity contribution in [3.8, 4) is 0 Å². The number of anilines is 2. The second kappa shape index (κ2) is 6.37. The van der Waals surface area contributed by atoms with Crippen LogP contribution in [0.2, 0.25) is 0 Å². The fourth-order valence-electron chi connectivity index (χ4n) is 3.38. The van der Waals surface area contributed by atoms with Gasteiger partial charge >= 0.3 is 0 Å². The molecular formula is C20H17ClN2O2. The molecule has 0 radical (unpaired) electrons. The summed E-state index contributed by atoms with van der Waals surface area (Å²) < 4.78 is 0. The molecule has 0 unspecified atom stereocenters. The third kappa shape index (κ3) is 2.72. The van der Waals surface area contributed by atoms with Crippen LogP contribution in [0, 0.1) is 0 Å². The van der Waals surface area contributed by atoms with Crippen LogP contribution in [-0.2, 0) is 9.59 Å². The Morgan fingerprint density at radius 1 is 0.760 bits per heavy atom. The van der Waals surface area contributed by atoms with Gasteiger partial charge in [0, 0.05) is 18.8 Å². The van der Waals surface area contributed by atoms with Gasteiger partial charge in [0.05, 0.1) is 11.3 Å². The van der Waals surface area contributed by atoms with Crippen molar-refractivity contribution in [1.29, 1.82) is 0 Å². The first-order chi connectivity index (χ1) is 12.2. The van der Waals surface area contributed by atoms with Crippen molar-refractivity contribution < 1.29 is 9.59 Å². The minimum absolute atomic E-state index is 0.0279. The SMILES string of the molecule is O=C1C(Cl)=C(c2ccccc2)C(=O)N1c1ccc(N2CCCC2)cc1. The van der Waals surface area contributed by atoms with Crippen LogP contribution >= 0.6 is 11.6 Å². The van der Waals surface area contributed by atoms with Crippen LogP contribution in [0.25, 0.3) is 5.57 Å². The Morgan fingerprint density at radius 2 is 1.36 bits per heavy atom. The molecule has 2 amide bonds. The third-order valence-corrected chi connectivity index (χ3v) is 5.02. The number of halogens is 1. The molecule has 4 rings (SSSR count). The minimum Gasteiger partial charge on any atom is -0.372 e. The van der Waals surface area contributed by atoms with E-state index in [-0.39, 0.29) is 16.5 Å². The van der Waals surface area contributed by atoms with Gasteiger partial charge in [0.1, 0.15) is 5.03 Å². The molecule has 2 aliphatic heterocycles. The van der Waals surface area contributed by atoms with E-state index in [0.29, 0.717) is 11.3 Å². The van der Waals surface area contributed by atoms with Gasteiger partial charge in [-0.2, -0.15) is 0 Å². The lowest BCUT2D eigenvalue weighted by atomic mass is 10.1. The number of hydrogen-bond donors (Lipinski definition) is 0. The highest BCUT2D eigenvalue weighted by Crippen LogP contribution is 2.35. The Morgan fingerprint density at radius 3 is 2.00 bits per heavy atom. The fraction of sp³-hybridized carbons (Fsp3) is 0.200. The Balaban J connectivity index is 1.64. The number of carbonyl (C=O) groups excluding carboxylic acids is 2. The highest BCUT2D eigenvalue weighted by Gasteiger charge is 2.39.